The number of ether oxygens (including phenoxy) is 1. The molecule has 1 aromatic heterocycles. The highest BCUT2D eigenvalue weighted by Gasteiger charge is 2.05. The number of rotatable bonds is 4. The Morgan fingerprint density at radius 2 is 2.22 bits per heavy atom. The maximum absolute atomic E-state index is 9.67. The molecule has 0 aliphatic rings. The number of aromatic hydroxyl groups is 1. The predicted molar refractivity (Wildman–Crippen MR) is 69.9 cm³/mol. The van der Waals surface area contributed by atoms with Crippen LogP contribution in [0.4, 0.5) is 5.69 Å². The molecule has 0 saturated heterocycles. The summed E-state index contributed by atoms with van der Waals surface area (Å²) in [5.74, 6) is 0.600. The highest BCUT2D eigenvalue weighted by Crippen LogP contribution is 2.28. The second-order valence-electron chi connectivity index (χ2n) is 4.15. The van der Waals surface area contributed by atoms with Gasteiger partial charge in [-0.1, -0.05) is 0 Å². The number of methoxy groups -OCH3 is 1. The standard InChI is InChI=1S/C13H17N3O2/c1-9-10(8-16(2)15-9)7-14-11-4-5-13(18-3)12(17)6-11/h4-6,8,14,17H,7H2,1-3H3. The smallest absolute Gasteiger partial charge is 0.160 e. The van der Waals surface area contributed by atoms with E-state index in [9.17, 15) is 5.11 Å². The Kier molecular flexibility index (Phi) is 3.41. The molecule has 0 unspecified atom stereocenters. The summed E-state index contributed by atoms with van der Waals surface area (Å²) in [6.45, 7) is 2.65. The monoisotopic (exact) mass is 247 g/mol. The molecule has 0 spiro atoms. The lowest BCUT2D eigenvalue weighted by atomic mass is 10.2. The van der Waals surface area contributed by atoms with Gasteiger partial charge in [-0.2, -0.15) is 5.10 Å². The lowest BCUT2D eigenvalue weighted by Gasteiger charge is -2.08. The molecular weight excluding hydrogens is 230 g/mol. The molecule has 96 valence electrons. The summed E-state index contributed by atoms with van der Waals surface area (Å²) in [5, 5.41) is 17.2. The predicted octanol–water partition coefficient (Wildman–Crippen LogP) is 2.05. The van der Waals surface area contributed by atoms with Gasteiger partial charge in [0.25, 0.3) is 0 Å². The van der Waals surface area contributed by atoms with Crippen LogP contribution in [0.3, 0.4) is 0 Å². The number of nitrogens with one attached hydrogen (secondary N) is 1. The van der Waals surface area contributed by atoms with Crippen molar-refractivity contribution in [3.63, 3.8) is 0 Å². The van der Waals surface area contributed by atoms with E-state index in [4.69, 9.17) is 4.74 Å². The van der Waals surface area contributed by atoms with E-state index in [0.717, 1.165) is 16.9 Å². The van der Waals surface area contributed by atoms with Gasteiger partial charge in [0.05, 0.1) is 12.8 Å². The van der Waals surface area contributed by atoms with Crippen molar-refractivity contribution in [2.75, 3.05) is 12.4 Å². The first kappa shape index (κ1) is 12.3. The third kappa shape index (κ3) is 2.56. The van der Waals surface area contributed by atoms with Crippen molar-refractivity contribution in [3.05, 3.63) is 35.7 Å². The van der Waals surface area contributed by atoms with Crippen molar-refractivity contribution in [1.82, 2.24) is 9.78 Å². The van der Waals surface area contributed by atoms with Gasteiger partial charge in [-0.15, -0.1) is 0 Å². The van der Waals surface area contributed by atoms with E-state index in [-0.39, 0.29) is 5.75 Å². The molecule has 2 rings (SSSR count). The van der Waals surface area contributed by atoms with E-state index >= 15 is 0 Å². The van der Waals surface area contributed by atoms with Crippen molar-refractivity contribution < 1.29 is 9.84 Å². The number of benzene rings is 1. The minimum atomic E-state index is 0.130. The molecule has 0 radical (unpaired) electrons. The molecule has 0 atom stereocenters. The first-order chi connectivity index (χ1) is 8.60. The highest BCUT2D eigenvalue weighted by molar-refractivity contribution is 5.54. The maximum atomic E-state index is 9.67. The molecule has 0 fully saturated rings. The van der Waals surface area contributed by atoms with Crippen LogP contribution in [0.2, 0.25) is 0 Å². The zero-order valence-electron chi connectivity index (χ0n) is 10.8. The average molecular weight is 247 g/mol. The van der Waals surface area contributed by atoms with Crippen LogP contribution in [0.15, 0.2) is 24.4 Å². The molecular formula is C13H17N3O2. The molecule has 0 saturated carbocycles. The summed E-state index contributed by atoms with van der Waals surface area (Å²) in [4.78, 5) is 0. The third-order valence-electron chi connectivity index (χ3n) is 2.78. The summed E-state index contributed by atoms with van der Waals surface area (Å²) in [5.41, 5.74) is 2.98. The van der Waals surface area contributed by atoms with Crippen LogP contribution in [-0.2, 0) is 13.6 Å². The first-order valence-electron chi connectivity index (χ1n) is 5.70. The van der Waals surface area contributed by atoms with Gasteiger partial charge < -0.3 is 15.2 Å². The minimum Gasteiger partial charge on any atom is -0.504 e. The van der Waals surface area contributed by atoms with Crippen LogP contribution in [0.5, 0.6) is 11.5 Å². The van der Waals surface area contributed by atoms with Crippen molar-refractivity contribution in [1.29, 1.82) is 0 Å². The number of phenols is 1. The van der Waals surface area contributed by atoms with E-state index in [2.05, 4.69) is 10.4 Å². The van der Waals surface area contributed by atoms with Crippen molar-refractivity contribution in [3.8, 4) is 11.5 Å². The van der Waals surface area contributed by atoms with Crippen LogP contribution in [0, 0.1) is 6.92 Å². The Balaban J connectivity index is 2.06. The number of hydrogen-bond donors (Lipinski definition) is 2. The zero-order valence-corrected chi connectivity index (χ0v) is 10.8. The Bertz CT molecular complexity index is 549. The van der Waals surface area contributed by atoms with Gasteiger partial charge in [-0.25, -0.2) is 0 Å². The van der Waals surface area contributed by atoms with E-state index in [0.29, 0.717) is 12.3 Å². The lowest BCUT2D eigenvalue weighted by molar-refractivity contribution is 0.373. The molecule has 0 aliphatic heterocycles. The number of anilines is 1. The Morgan fingerprint density at radius 1 is 1.44 bits per heavy atom. The molecule has 1 aromatic carbocycles. The molecule has 0 aliphatic carbocycles. The molecule has 2 aromatic rings. The van der Waals surface area contributed by atoms with Crippen LogP contribution in [0.25, 0.3) is 0 Å². The number of phenolic OH excluding ortho intramolecular Hbond substituents is 1. The topological polar surface area (TPSA) is 59.3 Å². The van der Waals surface area contributed by atoms with Gasteiger partial charge in [0.15, 0.2) is 11.5 Å². The van der Waals surface area contributed by atoms with Gasteiger partial charge in [0, 0.05) is 37.1 Å². The van der Waals surface area contributed by atoms with Crippen molar-refractivity contribution in [2.24, 2.45) is 7.05 Å². The third-order valence-corrected chi connectivity index (χ3v) is 2.78. The fourth-order valence-electron chi connectivity index (χ4n) is 1.82. The molecule has 18 heavy (non-hydrogen) atoms. The lowest BCUT2D eigenvalue weighted by Crippen LogP contribution is -1.99. The fraction of sp³-hybridized carbons (Fsp3) is 0.308. The summed E-state index contributed by atoms with van der Waals surface area (Å²) >= 11 is 0. The Morgan fingerprint density at radius 3 is 2.78 bits per heavy atom. The van der Waals surface area contributed by atoms with Gasteiger partial charge in [-0.05, 0) is 19.1 Å². The van der Waals surface area contributed by atoms with Gasteiger partial charge in [-0.3, -0.25) is 4.68 Å². The summed E-state index contributed by atoms with van der Waals surface area (Å²) in [7, 11) is 3.43. The van der Waals surface area contributed by atoms with Gasteiger partial charge in [0.2, 0.25) is 0 Å². The van der Waals surface area contributed by atoms with Gasteiger partial charge >= 0.3 is 0 Å². The van der Waals surface area contributed by atoms with Crippen LogP contribution in [0.1, 0.15) is 11.3 Å². The molecule has 5 nitrogen and oxygen atoms in total. The number of aromatic nitrogens is 2. The zero-order chi connectivity index (χ0) is 13.1. The van der Waals surface area contributed by atoms with E-state index in [1.54, 1.807) is 16.8 Å². The van der Waals surface area contributed by atoms with Gasteiger partial charge in [0.1, 0.15) is 0 Å². The second-order valence-corrected chi connectivity index (χ2v) is 4.15. The normalized spacial score (nSPS) is 10.4. The molecule has 2 N–H and O–H groups in total. The summed E-state index contributed by atoms with van der Waals surface area (Å²) in [6.07, 6.45) is 1.98. The minimum absolute atomic E-state index is 0.130. The first-order valence-corrected chi connectivity index (χ1v) is 5.70. The average Bonchev–Trinajstić information content (AvgIpc) is 2.65. The van der Waals surface area contributed by atoms with E-state index < -0.39 is 0 Å². The van der Waals surface area contributed by atoms with Crippen molar-refractivity contribution in [2.45, 2.75) is 13.5 Å². The van der Waals surface area contributed by atoms with Crippen LogP contribution < -0.4 is 10.1 Å². The largest absolute Gasteiger partial charge is 0.504 e. The van der Waals surface area contributed by atoms with E-state index in [1.807, 2.05) is 26.2 Å². The maximum Gasteiger partial charge on any atom is 0.160 e. The number of hydrogen-bond acceptors (Lipinski definition) is 4. The quantitative estimate of drug-likeness (QED) is 0.868. The fourth-order valence-corrected chi connectivity index (χ4v) is 1.82. The SMILES string of the molecule is COc1ccc(NCc2cn(C)nc2C)cc1O. The second kappa shape index (κ2) is 5.00. The molecule has 5 heteroatoms. The van der Waals surface area contributed by atoms with Crippen LogP contribution >= 0.6 is 0 Å². The Hall–Kier alpha value is -2.17. The molecule has 1 heterocycles. The summed E-state index contributed by atoms with van der Waals surface area (Å²) < 4.78 is 6.78. The van der Waals surface area contributed by atoms with Crippen LogP contribution in [-0.4, -0.2) is 22.0 Å². The molecule has 0 bridgehead atoms. The molecule has 0 amide bonds. The van der Waals surface area contributed by atoms with E-state index in [1.165, 1.54) is 7.11 Å². The van der Waals surface area contributed by atoms with Crippen molar-refractivity contribution >= 4 is 5.69 Å². The highest BCUT2D eigenvalue weighted by atomic mass is 16.5. The number of aryl methyl sites for hydroxylation is 2. The Labute approximate surface area is 106 Å². The summed E-state index contributed by atoms with van der Waals surface area (Å²) in [6, 6.07) is 5.24. The number of nitrogens with zero attached hydrogens (tertiary/aromatic N) is 2.